The van der Waals surface area contributed by atoms with Crippen molar-refractivity contribution in [1.29, 1.82) is 10.5 Å². The summed E-state index contributed by atoms with van der Waals surface area (Å²) in [5.41, 5.74) is -1.51. The molecule has 0 atom stereocenters. The monoisotopic (exact) mass is 401 g/mol. The van der Waals surface area contributed by atoms with E-state index in [1.807, 2.05) is 6.07 Å². The van der Waals surface area contributed by atoms with E-state index in [9.17, 15) is 23.2 Å². The van der Waals surface area contributed by atoms with E-state index in [1.165, 1.54) is 43.5 Å². The number of carbonyl (C=O) groups excluding carboxylic acids is 1. The van der Waals surface area contributed by atoms with Crippen LogP contribution in [0.4, 0.5) is 18.9 Å². The van der Waals surface area contributed by atoms with Crippen molar-refractivity contribution in [2.24, 2.45) is 0 Å². The molecule has 9 heteroatoms. The zero-order chi connectivity index (χ0) is 21.4. The number of anilines is 1. The molecule has 0 saturated carbocycles. The van der Waals surface area contributed by atoms with Gasteiger partial charge in [0.15, 0.2) is 18.1 Å². The van der Waals surface area contributed by atoms with Crippen molar-refractivity contribution >= 4 is 17.7 Å². The van der Waals surface area contributed by atoms with Crippen molar-refractivity contribution in [3.8, 4) is 23.6 Å². The predicted octanol–water partition coefficient (Wildman–Crippen LogP) is 4.16. The Morgan fingerprint density at radius 3 is 2.52 bits per heavy atom. The molecule has 1 amide bonds. The second-order valence-corrected chi connectivity index (χ2v) is 5.52. The van der Waals surface area contributed by atoms with Crippen LogP contribution in [0.15, 0.2) is 48.0 Å². The highest BCUT2D eigenvalue weighted by atomic mass is 19.4. The quantitative estimate of drug-likeness (QED) is 0.579. The first-order valence-corrected chi connectivity index (χ1v) is 8.07. The number of nitrogens with zero attached hydrogens (tertiary/aromatic N) is 2. The normalized spacial score (nSPS) is 11.2. The number of halogens is 3. The van der Waals surface area contributed by atoms with Gasteiger partial charge in [0.2, 0.25) is 0 Å². The number of carbonyl (C=O) groups is 1. The first-order chi connectivity index (χ1) is 13.8. The third-order valence-corrected chi connectivity index (χ3v) is 3.64. The average molecular weight is 401 g/mol. The van der Waals surface area contributed by atoms with Gasteiger partial charge in [-0.05, 0) is 35.9 Å². The Labute approximate surface area is 164 Å². The molecule has 0 aliphatic rings. The third-order valence-electron chi connectivity index (χ3n) is 3.64. The summed E-state index contributed by atoms with van der Waals surface area (Å²) in [5, 5.41) is 20.0. The van der Waals surface area contributed by atoms with Gasteiger partial charge in [-0.15, -0.1) is 0 Å². The van der Waals surface area contributed by atoms with Crippen molar-refractivity contribution in [2.45, 2.75) is 6.18 Å². The average Bonchev–Trinajstić information content (AvgIpc) is 2.70. The van der Waals surface area contributed by atoms with E-state index in [2.05, 4.69) is 5.32 Å². The highest BCUT2D eigenvalue weighted by Gasteiger charge is 2.33. The van der Waals surface area contributed by atoms with Gasteiger partial charge >= 0.3 is 6.18 Å². The number of nitrogens with one attached hydrogen (secondary N) is 1. The van der Waals surface area contributed by atoms with Gasteiger partial charge in [0, 0.05) is 0 Å². The molecule has 0 fully saturated rings. The van der Waals surface area contributed by atoms with Gasteiger partial charge in [0.05, 0.1) is 18.4 Å². The van der Waals surface area contributed by atoms with Crippen LogP contribution in [0.5, 0.6) is 11.5 Å². The molecule has 1 N–H and O–H groups in total. The van der Waals surface area contributed by atoms with Crippen molar-refractivity contribution in [3.05, 3.63) is 59.2 Å². The molecule has 29 heavy (non-hydrogen) atoms. The Morgan fingerprint density at radius 2 is 1.90 bits per heavy atom. The van der Waals surface area contributed by atoms with E-state index in [-0.39, 0.29) is 18.1 Å². The maximum atomic E-state index is 13.1. The zero-order valence-corrected chi connectivity index (χ0v) is 15.1. The standard InChI is InChI=1S/C20H14F3N3O3/c1-28-18-11-13(6-7-17(18)29-9-8-24)10-14(12-25)19(27)26-16-5-3-2-4-15(16)20(21,22)23/h2-7,10-11H,9H2,1H3,(H,26,27)/b14-10+. The molecule has 0 radical (unpaired) electrons. The topological polar surface area (TPSA) is 95.1 Å². The molecule has 2 aromatic rings. The summed E-state index contributed by atoms with van der Waals surface area (Å²) in [6, 6.07) is 12.4. The van der Waals surface area contributed by atoms with Gasteiger partial charge in [-0.25, -0.2) is 0 Å². The summed E-state index contributed by atoms with van der Waals surface area (Å²) in [5.74, 6) is -0.449. The predicted molar refractivity (Wildman–Crippen MR) is 97.8 cm³/mol. The van der Waals surface area contributed by atoms with Crippen LogP contribution in [-0.4, -0.2) is 19.6 Å². The Bertz CT molecular complexity index is 1020. The van der Waals surface area contributed by atoms with E-state index >= 15 is 0 Å². The van der Waals surface area contributed by atoms with Crippen molar-refractivity contribution < 1.29 is 27.4 Å². The van der Waals surface area contributed by atoms with E-state index in [1.54, 1.807) is 6.07 Å². The Kier molecular flexibility index (Phi) is 6.83. The number of methoxy groups -OCH3 is 1. The maximum absolute atomic E-state index is 13.1. The van der Waals surface area contributed by atoms with Gasteiger partial charge in [-0.1, -0.05) is 18.2 Å². The van der Waals surface area contributed by atoms with Crippen LogP contribution in [0, 0.1) is 22.7 Å². The lowest BCUT2D eigenvalue weighted by molar-refractivity contribution is -0.137. The highest BCUT2D eigenvalue weighted by molar-refractivity contribution is 6.10. The van der Waals surface area contributed by atoms with E-state index in [0.29, 0.717) is 5.56 Å². The fourth-order valence-corrected chi connectivity index (χ4v) is 2.35. The minimum Gasteiger partial charge on any atom is -0.493 e. The van der Waals surface area contributed by atoms with Crippen LogP contribution < -0.4 is 14.8 Å². The molecular weight excluding hydrogens is 387 g/mol. The molecule has 6 nitrogen and oxygen atoms in total. The fourth-order valence-electron chi connectivity index (χ4n) is 2.35. The molecule has 0 aliphatic heterocycles. The SMILES string of the molecule is COc1cc(/C=C(\C#N)C(=O)Nc2ccccc2C(F)(F)F)ccc1OCC#N. The van der Waals surface area contributed by atoms with Crippen LogP contribution in [-0.2, 0) is 11.0 Å². The highest BCUT2D eigenvalue weighted by Crippen LogP contribution is 2.35. The Morgan fingerprint density at radius 1 is 1.17 bits per heavy atom. The van der Waals surface area contributed by atoms with Gasteiger partial charge < -0.3 is 14.8 Å². The summed E-state index contributed by atoms with van der Waals surface area (Å²) in [6.07, 6.45) is -3.46. The fraction of sp³-hybridized carbons (Fsp3) is 0.150. The molecular formula is C20H14F3N3O3. The number of benzene rings is 2. The Balaban J connectivity index is 2.30. The van der Waals surface area contributed by atoms with Crippen LogP contribution >= 0.6 is 0 Å². The number of alkyl halides is 3. The summed E-state index contributed by atoms with van der Waals surface area (Å²) in [7, 11) is 1.37. The molecule has 2 aromatic carbocycles. The molecule has 0 spiro atoms. The second kappa shape index (κ2) is 9.29. The molecule has 0 saturated heterocycles. The Hall–Kier alpha value is -3.98. The number of hydrogen-bond acceptors (Lipinski definition) is 5. The van der Waals surface area contributed by atoms with Gasteiger partial charge in [0.25, 0.3) is 5.91 Å². The minimum absolute atomic E-state index is 0.198. The molecule has 0 aliphatic carbocycles. The smallest absolute Gasteiger partial charge is 0.418 e. The summed E-state index contributed by atoms with van der Waals surface area (Å²) in [4.78, 5) is 12.3. The summed E-state index contributed by atoms with van der Waals surface area (Å²) in [6.45, 7) is -0.198. The van der Waals surface area contributed by atoms with Crippen LogP contribution in [0.3, 0.4) is 0 Å². The molecule has 0 bridgehead atoms. The van der Waals surface area contributed by atoms with Crippen molar-refractivity contribution in [2.75, 3.05) is 19.0 Å². The third kappa shape index (κ3) is 5.50. The van der Waals surface area contributed by atoms with E-state index in [4.69, 9.17) is 14.7 Å². The minimum atomic E-state index is -4.66. The number of hydrogen-bond donors (Lipinski definition) is 1. The molecule has 2 rings (SSSR count). The van der Waals surface area contributed by atoms with Crippen LogP contribution in [0.2, 0.25) is 0 Å². The zero-order valence-electron chi connectivity index (χ0n) is 15.1. The molecule has 0 aromatic heterocycles. The maximum Gasteiger partial charge on any atom is 0.418 e. The molecule has 0 heterocycles. The lowest BCUT2D eigenvalue weighted by Gasteiger charge is -2.13. The van der Waals surface area contributed by atoms with Crippen LogP contribution in [0.1, 0.15) is 11.1 Å². The number of rotatable bonds is 6. The number of para-hydroxylation sites is 1. The second-order valence-electron chi connectivity index (χ2n) is 5.52. The number of ether oxygens (including phenoxy) is 2. The largest absolute Gasteiger partial charge is 0.493 e. The lowest BCUT2D eigenvalue weighted by Crippen LogP contribution is -2.17. The van der Waals surface area contributed by atoms with Crippen molar-refractivity contribution in [1.82, 2.24) is 0 Å². The van der Waals surface area contributed by atoms with Crippen molar-refractivity contribution in [3.63, 3.8) is 0 Å². The van der Waals surface area contributed by atoms with Gasteiger partial charge in [0.1, 0.15) is 17.7 Å². The first kappa shape index (κ1) is 21.3. The summed E-state index contributed by atoms with van der Waals surface area (Å²) >= 11 is 0. The first-order valence-electron chi connectivity index (χ1n) is 8.07. The number of amides is 1. The van der Waals surface area contributed by atoms with Gasteiger partial charge in [-0.3, -0.25) is 4.79 Å². The molecule has 0 unspecified atom stereocenters. The molecule has 148 valence electrons. The van der Waals surface area contributed by atoms with E-state index < -0.39 is 28.9 Å². The summed E-state index contributed by atoms with van der Waals surface area (Å²) < 4.78 is 49.5. The van der Waals surface area contributed by atoms with Crippen LogP contribution in [0.25, 0.3) is 6.08 Å². The number of nitriles is 2. The van der Waals surface area contributed by atoms with Gasteiger partial charge in [-0.2, -0.15) is 23.7 Å². The lowest BCUT2D eigenvalue weighted by atomic mass is 10.1. The van der Waals surface area contributed by atoms with E-state index in [0.717, 1.165) is 12.1 Å².